The smallest absolute Gasteiger partial charge is 0.356 e. The third-order valence-electron chi connectivity index (χ3n) is 1.97. The molecule has 92 valence electrons. The molecule has 18 heavy (non-hydrogen) atoms. The molecule has 0 fully saturated rings. The average Bonchev–Trinajstić information content (AvgIpc) is 2.33. The van der Waals surface area contributed by atoms with Crippen molar-refractivity contribution in [1.29, 1.82) is 0 Å². The van der Waals surface area contributed by atoms with Crippen molar-refractivity contribution < 1.29 is 23.4 Å². The second-order valence-electron chi connectivity index (χ2n) is 3.24. The van der Waals surface area contributed by atoms with Gasteiger partial charge >= 0.3 is 5.97 Å². The van der Waals surface area contributed by atoms with Gasteiger partial charge in [0.2, 0.25) is 5.88 Å². The van der Waals surface area contributed by atoms with Crippen LogP contribution < -0.4 is 4.74 Å². The minimum absolute atomic E-state index is 0.0921. The minimum Gasteiger partial charge on any atom is -0.476 e. The molecule has 2 rings (SSSR count). The van der Waals surface area contributed by atoms with Crippen LogP contribution in [0.25, 0.3) is 0 Å². The molecule has 0 bridgehead atoms. The summed E-state index contributed by atoms with van der Waals surface area (Å²) in [6, 6.07) is 5.16. The van der Waals surface area contributed by atoms with Crippen LogP contribution >= 0.6 is 0 Å². The molecule has 1 N–H and O–H groups in total. The highest BCUT2D eigenvalue weighted by atomic mass is 19.1. The highest BCUT2D eigenvalue weighted by Gasteiger charge is 2.09. The van der Waals surface area contributed by atoms with Crippen LogP contribution in [0.4, 0.5) is 8.78 Å². The molecule has 5 nitrogen and oxygen atoms in total. The van der Waals surface area contributed by atoms with E-state index in [0.29, 0.717) is 6.07 Å². The second kappa shape index (κ2) is 4.74. The van der Waals surface area contributed by atoms with Crippen molar-refractivity contribution in [3.05, 3.63) is 47.7 Å². The Morgan fingerprint density at radius 2 is 1.94 bits per heavy atom. The summed E-state index contributed by atoms with van der Waals surface area (Å²) in [6.07, 6.45) is 0. The van der Waals surface area contributed by atoms with E-state index in [1.54, 1.807) is 0 Å². The first kappa shape index (κ1) is 11.9. The topological polar surface area (TPSA) is 72.3 Å². The van der Waals surface area contributed by atoms with Gasteiger partial charge in [0.05, 0.1) is 0 Å². The third kappa shape index (κ3) is 2.57. The first-order chi connectivity index (χ1) is 8.56. The first-order valence-electron chi connectivity index (χ1n) is 4.76. The third-order valence-corrected chi connectivity index (χ3v) is 1.97. The van der Waals surface area contributed by atoms with E-state index in [4.69, 9.17) is 9.84 Å². The highest BCUT2D eigenvalue weighted by Crippen LogP contribution is 2.22. The van der Waals surface area contributed by atoms with Gasteiger partial charge in [-0.05, 0) is 18.2 Å². The van der Waals surface area contributed by atoms with E-state index in [2.05, 4.69) is 10.2 Å². The molecule has 0 spiro atoms. The zero-order chi connectivity index (χ0) is 13.1. The lowest BCUT2D eigenvalue weighted by Gasteiger charge is -2.04. The van der Waals surface area contributed by atoms with Crippen molar-refractivity contribution in [1.82, 2.24) is 10.2 Å². The van der Waals surface area contributed by atoms with Gasteiger partial charge in [-0.3, -0.25) is 0 Å². The maximum Gasteiger partial charge on any atom is 0.356 e. The van der Waals surface area contributed by atoms with Crippen molar-refractivity contribution >= 4 is 5.97 Å². The van der Waals surface area contributed by atoms with Crippen molar-refractivity contribution in [2.24, 2.45) is 0 Å². The van der Waals surface area contributed by atoms with E-state index in [1.807, 2.05) is 0 Å². The number of carboxylic acids is 1. The normalized spacial score (nSPS) is 10.1. The number of ether oxygens (including phenoxy) is 1. The Labute approximate surface area is 99.7 Å². The van der Waals surface area contributed by atoms with Gasteiger partial charge in [-0.1, -0.05) is 0 Å². The monoisotopic (exact) mass is 252 g/mol. The standard InChI is InChI=1S/C11H6F2N2O3/c12-6-1-3-9(7(13)5-6)18-10-4-2-8(11(16)17)14-15-10/h1-5H,(H,16,17). The summed E-state index contributed by atoms with van der Waals surface area (Å²) in [5.74, 6) is -3.17. The fourth-order valence-corrected chi connectivity index (χ4v) is 1.16. The van der Waals surface area contributed by atoms with Gasteiger partial charge in [0.25, 0.3) is 0 Å². The molecule has 0 aliphatic rings. The Balaban J connectivity index is 2.21. The van der Waals surface area contributed by atoms with Crippen molar-refractivity contribution in [3.8, 4) is 11.6 Å². The van der Waals surface area contributed by atoms with E-state index in [1.165, 1.54) is 6.07 Å². The predicted molar refractivity (Wildman–Crippen MR) is 55.4 cm³/mol. The summed E-state index contributed by atoms with van der Waals surface area (Å²) in [6.45, 7) is 0. The van der Waals surface area contributed by atoms with Crippen LogP contribution in [-0.2, 0) is 0 Å². The van der Waals surface area contributed by atoms with E-state index in [9.17, 15) is 13.6 Å². The molecule has 1 aromatic heterocycles. The lowest BCUT2D eigenvalue weighted by molar-refractivity contribution is 0.0689. The Morgan fingerprint density at radius 3 is 2.50 bits per heavy atom. The molecular weight excluding hydrogens is 246 g/mol. The zero-order valence-corrected chi connectivity index (χ0v) is 8.80. The molecule has 1 heterocycles. The maximum atomic E-state index is 13.2. The predicted octanol–water partition coefficient (Wildman–Crippen LogP) is 2.25. The fraction of sp³-hybridized carbons (Fsp3) is 0. The summed E-state index contributed by atoms with van der Waals surface area (Å²) in [5.41, 5.74) is -0.262. The molecule has 1 aromatic carbocycles. The number of aromatic carboxylic acids is 1. The van der Waals surface area contributed by atoms with E-state index in [-0.39, 0.29) is 17.3 Å². The van der Waals surface area contributed by atoms with Crippen molar-refractivity contribution in [3.63, 3.8) is 0 Å². The van der Waals surface area contributed by atoms with Gasteiger partial charge in [0.1, 0.15) is 5.82 Å². The minimum atomic E-state index is -1.23. The van der Waals surface area contributed by atoms with Gasteiger partial charge in [-0.2, -0.15) is 0 Å². The fourth-order valence-electron chi connectivity index (χ4n) is 1.16. The molecule has 7 heteroatoms. The van der Waals surface area contributed by atoms with Gasteiger partial charge < -0.3 is 9.84 Å². The summed E-state index contributed by atoms with van der Waals surface area (Å²) in [5, 5.41) is 15.4. The van der Waals surface area contributed by atoms with Crippen LogP contribution in [0, 0.1) is 11.6 Å². The molecule has 2 aromatic rings. The van der Waals surface area contributed by atoms with Crippen LogP contribution in [0.5, 0.6) is 11.6 Å². The van der Waals surface area contributed by atoms with Gasteiger partial charge in [-0.25, -0.2) is 13.6 Å². The number of halogens is 2. The van der Waals surface area contributed by atoms with Crippen LogP contribution in [0.15, 0.2) is 30.3 Å². The largest absolute Gasteiger partial charge is 0.476 e. The van der Waals surface area contributed by atoms with Gasteiger partial charge in [0, 0.05) is 12.1 Å². The Morgan fingerprint density at radius 1 is 1.17 bits per heavy atom. The molecule has 0 saturated carbocycles. The Hall–Kier alpha value is -2.57. The molecule has 0 amide bonds. The lowest BCUT2D eigenvalue weighted by Crippen LogP contribution is -2.02. The van der Waals surface area contributed by atoms with Crippen LogP contribution in [-0.4, -0.2) is 21.3 Å². The molecule has 0 aliphatic carbocycles. The number of aromatic nitrogens is 2. The first-order valence-corrected chi connectivity index (χ1v) is 4.76. The lowest BCUT2D eigenvalue weighted by atomic mass is 10.3. The maximum absolute atomic E-state index is 13.2. The molecule has 0 atom stereocenters. The van der Waals surface area contributed by atoms with Gasteiger partial charge in [-0.15, -0.1) is 10.2 Å². The molecular formula is C11H6F2N2O3. The highest BCUT2D eigenvalue weighted by molar-refractivity contribution is 5.84. The summed E-state index contributed by atoms with van der Waals surface area (Å²) < 4.78 is 30.9. The van der Waals surface area contributed by atoms with Crippen LogP contribution in [0.3, 0.4) is 0 Å². The Bertz CT molecular complexity index is 587. The number of hydrogen-bond donors (Lipinski definition) is 1. The average molecular weight is 252 g/mol. The quantitative estimate of drug-likeness (QED) is 0.906. The molecule has 0 saturated heterocycles. The van der Waals surface area contributed by atoms with Crippen LogP contribution in [0.1, 0.15) is 10.5 Å². The Kier molecular flexibility index (Phi) is 3.13. The SMILES string of the molecule is O=C(O)c1ccc(Oc2ccc(F)cc2F)nn1. The molecule has 0 aliphatic heterocycles. The number of carbonyl (C=O) groups is 1. The van der Waals surface area contributed by atoms with E-state index < -0.39 is 17.6 Å². The van der Waals surface area contributed by atoms with E-state index >= 15 is 0 Å². The second-order valence-corrected chi connectivity index (χ2v) is 3.24. The number of hydrogen-bond acceptors (Lipinski definition) is 4. The molecule has 0 unspecified atom stereocenters. The van der Waals surface area contributed by atoms with Crippen molar-refractivity contribution in [2.75, 3.05) is 0 Å². The summed E-state index contributed by atoms with van der Waals surface area (Å²) in [4.78, 5) is 10.5. The van der Waals surface area contributed by atoms with Crippen LogP contribution in [0.2, 0.25) is 0 Å². The summed E-state index contributed by atoms with van der Waals surface area (Å²) in [7, 11) is 0. The number of nitrogens with zero attached hydrogens (tertiary/aromatic N) is 2. The summed E-state index contributed by atoms with van der Waals surface area (Å²) >= 11 is 0. The van der Waals surface area contributed by atoms with Crippen molar-refractivity contribution in [2.45, 2.75) is 0 Å². The number of carboxylic acid groups (broad SMARTS) is 1. The number of rotatable bonds is 3. The molecule has 0 radical (unpaired) electrons. The van der Waals surface area contributed by atoms with E-state index in [0.717, 1.165) is 18.2 Å². The van der Waals surface area contributed by atoms with Gasteiger partial charge in [0.15, 0.2) is 17.3 Å². The zero-order valence-electron chi connectivity index (χ0n) is 8.80. The number of benzene rings is 1.